The standard InChI is InChI=1S/C5H10O3/c1-3-2-4(6)5(7)8-3/h3-7H,2H2,1H3/t3-,4-,5?/m1/s1. The van der Waals surface area contributed by atoms with E-state index in [0.717, 1.165) is 0 Å². The zero-order valence-corrected chi connectivity index (χ0v) is 4.74. The number of aliphatic hydroxyl groups excluding tert-OH is 2. The zero-order valence-electron chi connectivity index (χ0n) is 4.74. The molecular formula is C5H10O3. The highest BCUT2D eigenvalue weighted by molar-refractivity contribution is 4.71. The molecule has 3 heteroatoms. The van der Waals surface area contributed by atoms with Crippen molar-refractivity contribution >= 4 is 0 Å². The lowest BCUT2D eigenvalue weighted by molar-refractivity contribution is -0.123. The minimum absolute atomic E-state index is 0.000000000000000222. The van der Waals surface area contributed by atoms with Crippen LogP contribution in [0.3, 0.4) is 0 Å². The molecule has 3 nitrogen and oxygen atoms in total. The third kappa shape index (κ3) is 0.992. The number of hydrogen-bond donors (Lipinski definition) is 2. The van der Waals surface area contributed by atoms with Crippen LogP contribution in [-0.2, 0) is 4.74 Å². The summed E-state index contributed by atoms with van der Waals surface area (Å²) in [6, 6.07) is 0. The lowest BCUT2D eigenvalue weighted by Crippen LogP contribution is -2.19. The van der Waals surface area contributed by atoms with Crippen LogP contribution in [0, 0.1) is 0 Å². The number of rotatable bonds is 0. The first kappa shape index (κ1) is 6.01. The molecule has 1 aliphatic rings. The average molecular weight is 118 g/mol. The Morgan fingerprint density at radius 3 is 2.25 bits per heavy atom. The number of hydrogen-bond acceptors (Lipinski definition) is 3. The minimum Gasteiger partial charge on any atom is -0.388 e. The second-order valence-electron chi connectivity index (χ2n) is 2.14. The van der Waals surface area contributed by atoms with E-state index in [0.29, 0.717) is 6.42 Å². The van der Waals surface area contributed by atoms with Gasteiger partial charge in [0.05, 0.1) is 6.10 Å². The maximum Gasteiger partial charge on any atom is 0.181 e. The van der Waals surface area contributed by atoms with Crippen molar-refractivity contribution in [1.29, 1.82) is 0 Å². The topological polar surface area (TPSA) is 49.7 Å². The van der Waals surface area contributed by atoms with Gasteiger partial charge in [0.25, 0.3) is 0 Å². The quantitative estimate of drug-likeness (QED) is 0.449. The van der Waals surface area contributed by atoms with E-state index in [4.69, 9.17) is 14.9 Å². The molecule has 1 aliphatic heterocycles. The fraction of sp³-hybridized carbons (Fsp3) is 1.00. The molecule has 0 aromatic heterocycles. The van der Waals surface area contributed by atoms with E-state index < -0.39 is 12.4 Å². The van der Waals surface area contributed by atoms with Gasteiger partial charge in [0.1, 0.15) is 6.10 Å². The molecule has 0 aromatic carbocycles. The molecule has 0 spiro atoms. The molecule has 0 bridgehead atoms. The Bertz CT molecular complexity index is 73.7. The van der Waals surface area contributed by atoms with Crippen LogP contribution >= 0.6 is 0 Å². The van der Waals surface area contributed by atoms with Crippen molar-refractivity contribution in [2.24, 2.45) is 0 Å². The highest BCUT2D eigenvalue weighted by atomic mass is 16.6. The maximum atomic E-state index is 8.79. The van der Waals surface area contributed by atoms with E-state index in [1.54, 1.807) is 0 Å². The molecular weight excluding hydrogens is 108 g/mol. The van der Waals surface area contributed by atoms with Gasteiger partial charge in [0.2, 0.25) is 0 Å². The molecule has 0 radical (unpaired) electrons. The van der Waals surface area contributed by atoms with Crippen molar-refractivity contribution in [3.63, 3.8) is 0 Å². The van der Waals surface area contributed by atoms with Crippen LogP contribution in [0.25, 0.3) is 0 Å². The van der Waals surface area contributed by atoms with Gasteiger partial charge in [-0.05, 0) is 6.92 Å². The molecule has 3 atom stereocenters. The lowest BCUT2D eigenvalue weighted by Gasteiger charge is -2.03. The molecule has 2 N–H and O–H groups in total. The van der Waals surface area contributed by atoms with E-state index in [9.17, 15) is 0 Å². The third-order valence-electron chi connectivity index (χ3n) is 1.27. The molecule has 1 heterocycles. The van der Waals surface area contributed by atoms with Gasteiger partial charge in [-0.25, -0.2) is 0 Å². The summed E-state index contributed by atoms with van der Waals surface area (Å²) in [5.41, 5.74) is 0. The Morgan fingerprint density at radius 1 is 1.50 bits per heavy atom. The average Bonchev–Trinajstić information content (AvgIpc) is 1.85. The van der Waals surface area contributed by atoms with Gasteiger partial charge in [-0.15, -0.1) is 0 Å². The monoisotopic (exact) mass is 118 g/mol. The Hall–Kier alpha value is -0.120. The van der Waals surface area contributed by atoms with Crippen molar-refractivity contribution in [2.45, 2.75) is 31.8 Å². The second kappa shape index (κ2) is 2.01. The van der Waals surface area contributed by atoms with E-state index in [2.05, 4.69) is 0 Å². The third-order valence-corrected chi connectivity index (χ3v) is 1.27. The van der Waals surface area contributed by atoms with Crippen molar-refractivity contribution in [3.05, 3.63) is 0 Å². The van der Waals surface area contributed by atoms with Crippen LogP contribution in [0.15, 0.2) is 0 Å². The highest BCUT2D eigenvalue weighted by Gasteiger charge is 2.28. The first-order valence-corrected chi connectivity index (χ1v) is 2.71. The molecule has 1 unspecified atom stereocenters. The SMILES string of the molecule is C[C@@H]1C[C@@H](O)C(O)O1. The summed E-state index contributed by atoms with van der Waals surface area (Å²) < 4.78 is 4.78. The van der Waals surface area contributed by atoms with E-state index >= 15 is 0 Å². The summed E-state index contributed by atoms with van der Waals surface area (Å²) in [5, 5.41) is 17.5. The smallest absolute Gasteiger partial charge is 0.181 e. The van der Waals surface area contributed by atoms with Gasteiger partial charge >= 0.3 is 0 Å². The van der Waals surface area contributed by atoms with Crippen molar-refractivity contribution in [1.82, 2.24) is 0 Å². The van der Waals surface area contributed by atoms with E-state index in [1.807, 2.05) is 6.92 Å². The molecule has 0 saturated carbocycles. The van der Waals surface area contributed by atoms with Gasteiger partial charge in [0.15, 0.2) is 6.29 Å². The van der Waals surface area contributed by atoms with Crippen molar-refractivity contribution in [2.75, 3.05) is 0 Å². The highest BCUT2D eigenvalue weighted by Crippen LogP contribution is 2.16. The van der Waals surface area contributed by atoms with Crippen LogP contribution in [0.5, 0.6) is 0 Å². The van der Waals surface area contributed by atoms with E-state index in [1.165, 1.54) is 0 Å². The summed E-state index contributed by atoms with van der Waals surface area (Å²) in [6.07, 6.45) is -1.09. The molecule has 48 valence electrons. The van der Waals surface area contributed by atoms with Crippen molar-refractivity contribution < 1.29 is 14.9 Å². The summed E-state index contributed by atoms with van der Waals surface area (Å²) in [7, 11) is 0. The Kier molecular flexibility index (Phi) is 1.51. The first-order valence-electron chi connectivity index (χ1n) is 2.71. The predicted octanol–water partition coefficient (Wildman–Crippen LogP) is -0.526. The van der Waals surface area contributed by atoms with Gasteiger partial charge in [-0.1, -0.05) is 0 Å². The van der Waals surface area contributed by atoms with Gasteiger partial charge in [0, 0.05) is 6.42 Å². The first-order chi connectivity index (χ1) is 3.70. The molecule has 1 rings (SSSR count). The second-order valence-corrected chi connectivity index (χ2v) is 2.14. The van der Waals surface area contributed by atoms with Crippen LogP contribution in [0.1, 0.15) is 13.3 Å². The van der Waals surface area contributed by atoms with Crippen molar-refractivity contribution in [3.8, 4) is 0 Å². The summed E-state index contributed by atoms with van der Waals surface area (Å²) in [5.74, 6) is 0. The van der Waals surface area contributed by atoms with Crippen LogP contribution in [0.2, 0.25) is 0 Å². The molecule has 0 amide bonds. The van der Waals surface area contributed by atoms with Gasteiger partial charge in [-0.3, -0.25) is 0 Å². The Labute approximate surface area is 47.9 Å². The zero-order chi connectivity index (χ0) is 6.15. The minimum atomic E-state index is -0.954. The lowest BCUT2D eigenvalue weighted by atomic mass is 10.2. The fourth-order valence-electron chi connectivity index (χ4n) is 0.841. The fourth-order valence-corrected chi connectivity index (χ4v) is 0.841. The normalized spacial score (nSPS) is 47.6. The Morgan fingerprint density at radius 2 is 2.12 bits per heavy atom. The number of ether oxygens (including phenoxy) is 1. The summed E-state index contributed by atoms with van der Waals surface area (Å²) in [6.45, 7) is 1.82. The van der Waals surface area contributed by atoms with Gasteiger partial charge < -0.3 is 14.9 Å². The molecule has 1 saturated heterocycles. The van der Waals surface area contributed by atoms with Crippen LogP contribution in [-0.4, -0.2) is 28.7 Å². The Balaban J connectivity index is 2.39. The summed E-state index contributed by atoms with van der Waals surface area (Å²) >= 11 is 0. The molecule has 0 aromatic rings. The van der Waals surface area contributed by atoms with E-state index in [-0.39, 0.29) is 6.10 Å². The molecule has 8 heavy (non-hydrogen) atoms. The molecule has 0 aliphatic carbocycles. The summed E-state index contributed by atoms with van der Waals surface area (Å²) in [4.78, 5) is 0. The van der Waals surface area contributed by atoms with Crippen LogP contribution < -0.4 is 0 Å². The van der Waals surface area contributed by atoms with Crippen LogP contribution in [0.4, 0.5) is 0 Å². The predicted molar refractivity (Wildman–Crippen MR) is 27.2 cm³/mol. The largest absolute Gasteiger partial charge is 0.388 e. The van der Waals surface area contributed by atoms with Gasteiger partial charge in [-0.2, -0.15) is 0 Å². The number of aliphatic hydroxyl groups is 2. The maximum absolute atomic E-state index is 8.79. The molecule has 1 fully saturated rings.